The number of aryl methyl sites for hydroxylation is 1. The second kappa shape index (κ2) is 7.80. The fraction of sp³-hybridized carbons (Fsp3) is 0.400. The largest absolute Gasteiger partial charge is 0.490 e. The van der Waals surface area contributed by atoms with E-state index < -0.39 is 0 Å². The average Bonchev–Trinajstić information content (AvgIpc) is 3.06. The van der Waals surface area contributed by atoms with Crippen LogP contribution in [0.15, 0.2) is 48.7 Å². The highest BCUT2D eigenvalue weighted by Gasteiger charge is 2.35. The number of anilines is 1. The van der Waals surface area contributed by atoms with Gasteiger partial charge in [-0.2, -0.15) is 0 Å². The molecule has 0 bridgehead atoms. The normalized spacial score (nSPS) is 25.4. The molecule has 3 aromatic rings. The molecule has 1 amide bonds. The van der Waals surface area contributed by atoms with Gasteiger partial charge >= 0.3 is 0 Å². The van der Waals surface area contributed by atoms with Crippen molar-refractivity contribution in [3.8, 4) is 5.75 Å². The molecule has 0 unspecified atom stereocenters. The fourth-order valence-corrected chi connectivity index (χ4v) is 4.45. The Morgan fingerprint density at radius 1 is 1.03 bits per heavy atom. The Bertz CT molecular complexity index is 1040. The Balaban J connectivity index is 1.21. The van der Waals surface area contributed by atoms with Crippen LogP contribution in [0.3, 0.4) is 0 Å². The van der Waals surface area contributed by atoms with Gasteiger partial charge in [-0.1, -0.05) is 29.8 Å². The van der Waals surface area contributed by atoms with Gasteiger partial charge in [0, 0.05) is 30.1 Å². The molecule has 2 aromatic carbocycles. The zero-order valence-corrected chi connectivity index (χ0v) is 17.5. The summed E-state index contributed by atoms with van der Waals surface area (Å²) in [6.45, 7) is 2.12. The van der Waals surface area contributed by atoms with Gasteiger partial charge in [0.2, 0.25) is 5.91 Å². The van der Waals surface area contributed by atoms with E-state index in [1.807, 2.05) is 24.4 Å². The van der Waals surface area contributed by atoms with Gasteiger partial charge in [-0.15, -0.1) is 0 Å². The monoisotopic (exact) mass is 404 g/mol. The molecule has 0 aliphatic heterocycles. The summed E-state index contributed by atoms with van der Waals surface area (Å²) in [7, 11) is 1.70. The number of hydrogen-bond acceptors (Lipinski definition) is 3. The first-order valence-electron chi connectivity index (χ1n) is 10.8. The number of carbonyl (C=O) groups is 1. The summed E-state index contributed by atoms with van der Waals surface area (Å²) < 4.78 is 11.5. The first-order chi connectivity index (χ1) is 14.6. The Morgan fingerprint density at radius 2 is 1.80 bits per heavy atom. The third kappa shape index (κ3) is 3.70. The lowest BCUT2D eigenvalue weighted by molar-refractivity contribution is -0.127. The summed E-state index contributed by atoms with van der Waals surface area (Å²) in [5.74, 6) is 1.54. The van der Waals surface area contributed by atoms with E-state index in [4.69, 9.17) is 9.47 Å². The maximum absolute atomic E-state index is 12.5. The lowest BCUT2D eigenvalue weighted by atomic mass is 9.77. The maximum atomic E-state index is 12.5. The number of nitrogens with one attached hydrogen (secondary N) is 2. The smallest absolute Gasteiger partial charge is 0.227 e. The van der Waals surface area contributed by atoms with E-state index in [9.17, 15) is 4.79 Å². The molecule has 0 saturated heterocycles. The van der Waals surface area contributed by atoms with Gasteiger partial charge in [0.15, 0.2) is 0 Å². The number of hydrogen-bond donors (Lipinski definition) is 2. The van der Waals surface area contributed by atoms with Crippen LogP contribution in [-0.4, -0.2) is 30.2 Å². The molecule has 2 N–H and O–H groups in total. The van der Waals surface area contributed by atoms with Crippen LogP contribution < -0.4 is 10.1 Å². The van der Waals surface area contributed by atoms with Gasteiger partial charge in [0.25, 0.3) is 0 Å². The Hall–Kier alpha value is -2.79. The minimum absolute atomic E-state index is 0.0352. The average molecular weight is 405 g/mol. The number of aromatic amines is 1. The van der Waals surface area contributed by atoms with Crippen molar-refractivity contribution in [2.45, 2.75) is 50.7 Å². The third-order valence-electron chi connectivity index (χ3n) is 6.66. The molecule has 0 atom stereocenters. The molecular formula is C25H28N2O3. The number of H-pyrrole nitrogens is 1. The summed E-state index contributed by atoms with van der Waals surface area (Å²) in [6.07, 6.45) is 5.99. The van der Waals surface area contributed by atoms with Crippen molar-refractivity contribution >= 4 is 22.5 Å². The Labute approximate surface area is 176 Å². The van der Waals surface area contributed by atoms with Crippen molar-refractivity contribution < 1.29 is 14.3 Å². The first kappa shape index (κ1) is 19.2. The molecule has 1 heterocycles. The molecule has 2 saturated carbocycles. The minimum Gasteiger partial charge on any atom is -0.490 e. The van der Waals surface area contributed by atoms with Gasteiger partial charge in [0.05, 0.1) is 17.9 Å². The van der Waals surface area contributed by atoms with Crippen molar-refractivity contribution in [1.82, 2.24) is 4.98 Å². The van der Waals surface area contributed by atoms with Crippen molar-refractivity contribution in [1.29, 1.82) is 0 Å². The molecule has 5 heteroatoms. The summed E-state index contributed by atoms with van der Waals surface area (Å²) in [5.41, 5.74) is 4.50. The lowest BCUT2D eigenvalue weighted by Crippen LogP contribution is -2.38. The molecule has 0 spiro atoms. The highest BCUT2D eigenvalue weighted by molar-refractivity contribution is 6.03. The molecule has 0 radical (unpaired) electrons. The quantitative estimate of drug-likeness (QED) is 0.596. The van der Waals surface area contributed by atoms with E-state index in [0.717, 1.165) is 48.0 Å². The molecule has 30 heavy (non-hydrogen) atoms. The number of aromatic nitrogens is 1. The number of fused-ring (bicyclic) bond motifs is 1. The fourth-order valence-electron chi connectivity index (χ4n) is 4.45. The van der Waals surface area contributed by atoms with Crippen LogP contribution in [0.1, 0.15) is 42.7 Å². The summed E-state index contributed by atoms with van der Waals surface area (Å²) >= 11 is 0. The second-order valence-electron chi connectivity index (χ2n) is 8.74. The van der Waals surface area contributed by atoms with Crippen molar-refractivity contribution in [3.63, 3.8) is 0 Å². The van der Waals surface area contributed by atoms with Crippen molar-refractivity contribution in [2.75, 3.05) is 12.4 Å². The molecule has 5 nitrogen and oxygen atoms in total. The van der Waals surface area contributed by atoms with E-state index in [1.165, 1.54) is 11.1 Å². The summed E-state index contributed by atoms with van der Waals surface area (Å²) in [5, 5.41) is 4.06. The van der Waals surface area contributed by atoms with Gasteiger partial charge in [-0.25, -0.2) is 0 Å². The molecule has 5 rings (SSSR count). The van der Waals surface area contributed by atoms with E-state index in [0.29, 0.717) is 5.92 Å². The van der Waals surface area contributed by atoms with Crippen LogP contribution in [0, 0.1) is 12.8 Å². The van der Waals surface area contributed by atoms with E-state index in [-0.39, 0.29) is 24.0 Å². The van der Waals surface area contributed by atoms with Crippen LogP contribution in [0.4, 0.5) is 5.69 Å². The summed E-state index contributed by atoms with van der Waals surface area (Å²) in [4.78, 5) is 15.7. The second-order valence-corrected chi connectivity index (χ2v) is 8.74. The highest BCUT2D eigenvalue weighted by atomic mass is 16.5. The minimum atomic E-state index is 0.0352. The van der Waals surface area contributed by atoms with Gasteiger partial charge in [-0.05, 0) is 62.3 Å². The zero-order valence-electron chi connectivity index (χ0n) is 17.5. The predicted octanol–water partition coefficient (Wildman–Crippen LogP) is 5.16. The topological polar surface area (TPSA) is 63.3 Å². The van der Waals surface area contributed by atoms with Crippen molar-refractivity contribution in [3.05, 3.63) is 59.8 Å². The molecule has 156 valence electrons. The maximum Gasteiger partial charge on any atom is 0.227 e. The number of carbonyl (C=O) groups excluding carboxylic acids is 1. The molecule has 2 aliphatic carbocycles. The summed E-state index contributed by atoms with van der Waals surface area (Å²) in [6, 6.07) is 14.9. The van der Waals surface area contributed by atoms with Crippen molar-refractivity contribution in [2.24, 2.45) is 5.92 Å². The number of rotatable bonds is 6. The van der Waals surface area contributed by atoms with Crippen LogP contribution in [0.25, 0.3) is 10.9 Å². The number of amides is 1. The van der Waals surface area contributed by atoms with Gasteiger partial charge < -0.3 is 19.8 Å². The van der Waals surface area contributed by atoms with Crippen LogP contribution >= 0.6 is 0 Å². The van der Waals surface area contributed by atoms with E-state index in [1.54, 1.807) is 7.11 Å². The van der Waals surface area contributed by atoms with Gasteiger partial charge in [-0.3, -0.25) is 4.79 Å². The highest BCUT2D eigenvalue weighted by Crippen LogP contribution is 2.40. The van der Waals surface area contributed by atoms with E-state index in [2.05, 4.69) is 41.5 Å². The Kier molecular flexibility index (Phi) is 4.99. The zero-order chi connectivity index (χ0) is 20.7. The molecular weight excluding hydrogens is 376 g/mol. The molecule has 1 aromatic heterocycles. The van der Waals surface area contributed by atoms with Crippen LogP contribution in [0.5, 0.6) is 5.75 Å². The molecule has 2 aliphatic rings. The molecule has 2 fully saturated rings. The first-order valence-corrected chi connectivity index (χ1v) is 10.8. The van der Waals surface area contributed by atoms with E-state index >= 15 is 0 Å². The number of benzene rings is 2. The van der Waals surface area contributed by atoms with Crippen LogP contribution in [-0.2, 0) is 9.53 Å². The van der Waals surface area contributed by atoms with Gasteiger partial charge in [0.1, 0.15) is 5.75 Å². The Morgan fingerprint density at radius 3 is 2.53 bits per heavy atom. The lowest BCUT2D eigenvalue weighted by Gasteiger charge is -2.35. The standard InChI is InChI=1S/C25H28N2O3/c1-15-3-5-16(6-4-15)17-9-21(10-17)30-19-7-8-23-22(13-19)24(14-26-23)27-25(28)18-11-20(12-18)29-2/h3-8,13-14,17-18,20-21,26H,9-12H2,1-2H3,(H,27,28)/t17-,18-,20+,21+. The third-order valence-corrected chi connectivity index (χ3v) is 6.66. The van der Waals surface area contributed by atoms with Crippen LogP contribution in [0.2, 0.25) is 0 Å². The SMILES string of the molecule is CO[C@H]1C[C@@H](C(=O)Nc2c[nH]c3ccc(O[C@H]4C[C@@H](c5ccc(C)cc5)C4)cc23)C1. The number of ether oxygens (including phenoxy) is 2. The number of methoxy groups -OCH3 is 1. The predicted molar refractivity (Wildman–Crippen MR) is 118 cm³/mol.